The second-order valence-corrected chi connectivity index (χ2v) is 4.08. The van der Waals surface area contributed by atoms with Gasteiger partial charge in [-0.15, -0.1) is 11.6 Å². The van der Waals surface area contributed by atoms with Gasteiger partial charge in [-0.25, -0.2) is 0 Å². The van der Waals surface area contributed by atoms with Gasteiger partial charge in [-0.3, -0.25) is 4.79 Å². The monoisotopic (exact) mass is 259 g/mol. The molecule has 0 radical (unpaired) electrons. The van der Waals surface area contributed by atoms with Gasteiger partial charge in [-0.05, 0) is 0 Å². The molecule has 0 aromatic rings. The summed E-state index contributed by atoms with van der Waals surface area (Å²) >= 11 is 5.37. The van der Waals surface area contributed by atoms with Crippen molar-refractivity contribution in [2.45, 2.75) is 24.6 Å². The Labute approximate surface area is 96.5 Å². The molecule has 0 N–H and O–H groups in total. The highest BCUT2D eigenvalue weighted by Crippen LogP contribution is 2.40. The summed E-state index contributed by atoms with van der Waals surface area (Å²) < 4.78 is 42.8. The number of rotatable bonds is 3. The minimum Gasteiger partial charge on any atom is -0.367 e. The van der Waals surface area contributed by atoms with E-state index in [-0.39, 0.29) is 31.2 Å². The Balaban J connectivity index is 2.72. The van der Waals surface area contributed by atoms with E-state index in [1.54, 1.807) is 0 Å². The van der Waals surface area contributed by atoms with Gasteiger partial charge in [0.1, 0.15) is 0 Å². The fourth-order valence-electron chi connectivity index (χ4n) is 1.75. The van der Waals surface area contributed by atoms with Crippen molar-refractivity contribution in [2.75, 3.05) is 26.1 Å². The number of alkyl halides is 4. The molecule has 16 heavy (non-hydrogen) atoms. The fraction of sp³-hybridized carbons (Fsp3) is 0.889. The van der Waals surface area contributed by atoms with Crippen LogP contribution in [0.1, 0.15) is 12.8 Å². The Hall–Kier alpha value is -0.490. The summed E-state index contributed by atoms with van der Waals surface area (Å²) in [7, 11) is 1.02. The predicted molar refractivity (Wildman–Crippen MR) is 52.3 cm³/mol. The molecular formula is C9H13ClF3NO2. The van der Waals surface area contributed by atoms with Gasteiger partial charge >= 0.3 is 6.18 Å². The molecule has 0 aromatic heterocycles. The molecule has 1 fully saturated rings. The highest BCUT2D eigenvalue weighted by atomic mass is 35.5. The van der Waals surface area contributed by atoms with E-state index >= 15 is 0 Å². The van der Waals surface area contributed by atoms with E-state index in [1.807, 2.05) is 0 Å². The van der Waals surface area contributed by atoms with E-state index in [1.165, 1.54) is 0 Å². The average molecular weight is 260 g/mol. The summed E-state index contributed by atoms with van der Waals surface area (Å²) in [5, 5.41) is 0. The van der Waals surface area contributed by atoms with Gasteiger partial charge in [-0.1, -0.05) is 0 Å². The maximum atomic E-state index is 12.7. The standard InChI is InChI=1S/C9H13ClF3NO2/c1-16-8(9(11,12)13)3-5-14(6-8)7(15)2-4-10/h2-6H2,1H3/t8-/m1/s1. The summed E-state index contributed by atoms with van der Waals surface area (Å²) in [6, 6.07) is 0. The van der Waals surface area contributed by atoms with Crippen LogP contribution in [-0.4, -0.2) is 48.7 Å². The smallest absolute Gasteiger partial charge is 0.367 e. The average Bonchev–Trinajstić information content (AvgIpc) is 2.62. The predicted octanol–water partition coefficient (Wildman–Crippen LogP) is 1.80. The number of hydrogen-bond acceptors (Lipinski definition) is 2. The molecule has 1 aliphatic rings. The molecule has 1 rings (SSSR count). The molecule has 0 spiro atoms. The molecule has 3 nitrogen and oxygen atoms in total. The molecule has 1 amide bonds. The van der Waals surface area contributed by atoms with Crippen molar-refractivity contribution in [1.82, 2.24) is 4.90 Å². The van der Waals surface area contributed by atoms with Crippen LogP contribution in [0.15, 0.2) is 0 Å². The second kappa shape index (κ2) is 4.79. The zero-order chi connectivity index (χ0) is 12.4. The third kappa shape index (κ3) is 2.43. The van der Waals surface area contributed by atoms with E-state index in [4.69, 9.17) is 11.6 Å². The molecule has 0 aliphatic carbocycles. The van der Waals surface area contributed by atoms with Crippen LogP contribution in [-0.2, 0) is 9.53 Å². The largest absolute Gasteiger partial charge is 0.419 e. The molecule has 0 bridgehead atoms. The van der Waals surface area contributed by atoms with E-state index in [2.05, 4.69) is 4.74 Å². The molecule has 0 unspecified atom stereocenters. The van der Waals surface area contributed by atoms with Gasteiger partial charge < -0.3 is 9.64 Å². The summed E-state index contributed by atoms with van der Waals surface area (Å²) in [4.78, 5) is 12.5. The molecule has 0 aromatic carbocycles. The van der Waals surface area contributed by atoms with E-state index < -0.39 is 18.3 Å². The summed E-state index contributed by atoms with van der Waals surface area (Å²) in [6.07, 6.45) is -4.63. The van der Waals surface area contributed by atoms with Crippen molar-refractivity contribution in [1.29, 1.82) is 0 Å². The van der Waals surface area contributed by atoms with Gasteiger partial charge in [0.15, 0.2) is 5.60 Å². The van der Waals surface area contributed by atoms with Crippen molar-refractivity contribution in [3.05, 3.63) is 0 Å². The SMILES string of the molecule is CO[C@]1(C(F)(F)F)CCN(C(=O)CCCl)C1. The zero-order valence-corrected chi connectivity index (χ0v) is 9.57. The first kappa shape index (κ1) is 13.6. The summed E-state index contributed by atoms with van der Waals surface area (Å²) in [5.74, 6) is -0.250. The molecule has 1 heterocycles. The first-order chi connectivity index (χ1) is 7.36. The van der Waals surface area contributed by atoms with Gasteiger partial charge in [-0.2, -0.15) is 13.2 Å². The van der Waals surface area contributed by atoms with Crippen molar-refractivity contribution in [3.63, 3.8) is 0 Å². The maximum absolute atomic E-state index is 12.7. The van der Waals surface area contributed by atoms with Crippen molar-refractivity contribution >= 4 is 17.5 Å². The van der Waals surface area contributed by atoms with E-state index in [0.717, 1.165) is 12.0 Å². The molecule has 7 heteroatoms. The van der Waals surface area contributed by atoms with Gasteiger partial charge in [0.2, 0.25) is 5.91 Å². The first-order valence-corrected chi connectivity index (χ1v) is 5.35. The molecule has 94 valence electrons. The Bertz CT molecular complexity index is 272. The number of carbonyl (C=O) groups excluding carboxylic acids is 1. The van der Waals surface area contributed by atoms with Crippen molar-refractivity contribution in [3.8, 4) is 0 Å². The van der Waals surface area contributed by atoms with Gasteiger partial charge in [0.25, 0.3) is 0 Å². The Morgan fingerprint density at radius 1 is 1.56 bits per heavy atom. The van der Waals surface area contributed by atoms with Crippen molar-refractivity contribution < 1.29 is 22.7 Å². The molecule has 1 aliphatic heterocycles. The molecule has 0 saturated carbocycles. The number of likely N-dealkylation sites (tertiary alicyclic amines) is 1. The zero-order valence-electron chi connectivity index (χ0n) is 8.81. The van der Waals surface area contributed by atoms with Gasteiger partial charge in [0.05, 0.1) is 6.54 Å². The minimum atomic E-state index is -4.46. The molecular weight excluding hydrogens is 247 g/mol. The number of nitrogens with zero attached hydrogens (tertiary/aromatic N) is 1. The first-order valence-electron chi connectivity index (χ1n) is 4.82. The second-order valence-electron chi connectivity index (χ2n) is 3.70. The number of halogens is 4. The number of amides is 1. The third-order valence-electron chi connectivity index (χ3n) is 2.80. The number of ether oxygens (including phenoxy) is 1. The normalized spacial score (nSPS) is 26.2. The number of carbonyl (C=O) groups is 1. The quantitative estimate of drug-likeness (QED) is 0.724. The highest BCUT2D eigenvalue weighted by molar-refractivity contribution is 6.18. The lowest BCUT2D eigenvalue weighted by atomic mass is 10.0. The van der Waals surface area contributed by atoms with Crippen LogP contribution < -0.4 is 0 Å². The highest BCUT2D eigenvalue weighted by Gasteiger charge is 2.59. The third-order valence-corrected chi connectivity index (χ3v) is 2.99. The van der Waals surface area contributed by atoms with Crippen LogP contribution in [0.5, 0.6) is 0 Å². The van der Waals surface area contributed by atoms with Crippen LogP contribution >= 0.6 is 11.6 Å². The lowest BCUT2D eigenvalue weighted by Gasteiger charge is -2.30. The van der Waals surface area contributed by atoms with Crippen LogP contribution in [0.4, 0.5) is 13.2 Å². The molecule has 1 saturated heterocycles. The number of methoxy groups -OCH3 is 1. The summed E-state index contributed by atoms with van der Waals surface area (Å²) in [6.45, 7) is -0.383. The van der Waals surface area contributed by atoms with Crippen LogP contribution in [0, 0.1) is 0 Å². The van der Waals surface area contributed by atoms with E-state index in [9.17, 15) is 18.0 Å². The van der Waals surface area contributed by atoms with Crippen LogP contribution in [0.2, 0.25) is 0 Å². The lowest BCUT2D eigenvalue weighted by molar-refractivity contribution is -0.263. The van der Waals surface area contributed by atoms with Gasteiger partial charge in [0, 0.05) is 32.4 Å². The number of hydrogen-bond donors (Lipinski definition) is 0. The topological polar surface area (TPSA) is 29.5 Å². The van der Waals surface area contributed by atoms with Crippen LogP contribution in [0.3, 0.4) is 0 Å². The fourth-order valence-corrected chi connectivity index (χ4v) is 1.91. The van der Waals surface area contributed by atoms with Crippen molar-refractivity contribution in [2.24, 2.45) is 0 Å². The molecule has 1 atom stereocenters. The summed E-state index contributed by atoms with van der Waals surface area (Å²) in [5.41, 5.74) is -2.21. The lowest BCUT2D eigenvalue weighted by Crippen LogP contribution is -2.49. The van der Waals surface area contributed by atoms with Crippen LogP contribution in [0.25, 0.3) is 0 Å². The Morgan fingerprint density at radius 2 is 2.19 bits per heavy atom. The minimum absolute atomic E-state index is 0.0548. The van der Waals surface area contributed by atoms with E-state index in [0.29, 0.717) is 0 Å². The Kier molecular flexibility index (Phi) is 4.07. The maximum Gasteiger partial charge on any atom is 0.419 e. The Morgan fingerprint density at radius 3 is 2.56 bits per heavy atom.